The molecule has 0 radical (unpaired) electrons. The summed E-state index contributed by atoms with van der Waals surface area (Å²) in [4.78, 5) is 72.8. The Morgan fingerprint density at radius 1 is 0.295 bits per heavy atom. The number of carbonyl (C=O) groups is 4. The molecule has 0 saturated heterocycles. The third-order valence-electron chi connectivity index (χ3n) is 17.9. The van der Waals surface area contributed by atoms with Crippen LogP contribution >= 0.6 is 15.6 Å². The molecule has 19 heteroatoms. The zero-order valence-corrected chi connectivity index (χ0v) is 64.1. The molecule has 6 atom stereocenters. The number of rotatable bonds is 73. The van der Waals surface area contributed by atoms with Gasteiger partial charge in [0.1, 0.15) is 19.3 Å². The van der Waals surface area contributed by atoms with E-state index in [-0.39, 0.29) is 25.7 Å². The van der Waals surface area contributed by atoms with Gasteiger partial charge in [-0.15, -0.1) is 0 Å². The molecule has 0 aliphatic heterocycles. The number of aliphatic hydroxyl groups is 1. The fourth-order valence-electron chi connectivity index (χ4n) is 11.5. The summed E-state index contributed by atoms with van der Waals surface area (Å²) in [6.45, 7) is 14.2. The minimum absolute atomic E-state index is 0.104. The quantitative estimate of drug-likeness (QED) is 0.0222. The van der Waals surface area contributed by atoms with E-state index in [9.17, 15) is 43.2 Å². The number of phosphoric ester groups is 2. The van der Waals surface area contributed by atoms with Crippen LogP contribution < -0.4 is 0 Å². The minimum atomic E-state index is -4.96. The SMILES string of the molecule is CCC(C)CCCCCCCCC(=O)OC[C@H](COP(=O)(O)OC[C@H](O)COP(=O)(O)OC[C@@H](COC(=O)CCCCCCCCCCCCCCCCCCC(C)C)OC(=O)CCCCCCCCCCCCCC(C)C)OC(=O)CCCCCCCCCCCC(C)C. The number of phosphoric acid groups is 2. The molecule has 17 nitrogen and oxygen atoms in total. The molecule has 0 aliphatic carbocycles. The molecule has 0 aromatic heterocycles. The van der Waals surface area contributed by atoms with Gasteiger partial charge in [-0.05, 0) is 49.4 Å². The molecule has 0 fully saturated rings. The molecule has 3 unspecified atom stereocenters. The Morgan fingerprint density at radius 2 is 0.505 bits per heavy atom. The second-order valence-corrected chi connectivity index (χ2v) is 32.0. The van der Waals surface area contributed by atoms with Crippen molar-refractivity contribution in [2.75, 3.05) is 39.6 Å². The fourth-order valence-corrected chi connectivity index (χ4v) is 13.1. The molecule has 0 rings (SSSR count). The van der Waals surface area contributed by atoms with Crippen LogP contribution in [0.4, 0.5) is 0 Å². The predicted octanol–water partition coefficient (Wildman–Crippen LogP) is 22.0. The standard InChI is InChI=1S/C76H148O17P2/c1-9-69(8)55-47-39-34-35-41-49-57-74(79)87-63-72(93-76(81)59-51-43-33-27-21-24-30-38-46-54-68(6)7)65-91-95(84,85)89-61-70(77)60-88-94(82,83)90-64-71(92-75(80)58-50-42-32-26-20-16-18-23-29-37-45-53-67(4)5)62-86-73(78)56-48-40-31-25-19-15-13-11-10-12-14-17-22-28-36-44-52-66(2)3/h66-72,77H,9-65H2,1-8H3,(H,82,83)(H,84,85)/t69?,70-,71-,72-/m1/s1. The molecule has 0 amide bonds. The Labute approximate surface area is 581 Å². The van der Waals surface area contributed by atoms with E-state index in [1.807, 2.05) is 0 Å². The van der Waals surface area contributed by atoms with Crippen LogP contribution in [0.1, 0.15) is 383 Å². The summed E-state index contributed by atoms with van der Waals surface area (Å²) < 4.78 is 68.5. The summed E-state index contributed by atoms with van der Waals surface area (Å²) in [6.07, 6.45) is 50.0. The lowest BCUT2D eigenvalue weighted by Gasteiger charge is -2.21. The van der Waals surface area contributed by atoms with Crippen molar-refractivity contribution in [2.24, 2.45) is 23.7 Å². The maximum absolute atomic E-state index is 13.1. The van der Waals surface area contributed by atoms with Crippen LogP contribution in [0.25, 0.3) is 0 Å². The van der Waals surface area contributed by atoms with E-state index in [1.165, 1.54) is 180 Å². The van der Waals surface area contributed by atoms with Gasteiger partial charge in [0.05, 0.1) is 26.4 Å². The first-order valence-corrected chi connectivity index (χ1v) is 42.2. The summed E-state index contributed by atoms with van der Waals surface area (Å²) in [5.41, 5.74) is 0. The second-order valence-electron chi connectivity index (χ2n) is 29.1. The van der Waals surface area contributed by atoms with Crippen LogP contribution in [-0.2, 0) is 65.4 Å². The van der Waals surface area contributed by atoms with Crippen molar-refractivity contribution in [1.29, 1.82) is 0 Å². The van der Waals surface area contributed by atoms with Crippen molar-refractivity contribution in [3.63, 3.8) is 0 Å². The summed E-state index contributed by atoms with van der Waals surface area (Å²) in [5, 5.41) is 10.6. The van der Waals surface area contributed by atoms with Gasteiger partial charge in [0.2, 0.25) is 0 Å². The summed E-state index contributed by atoms with van der Waals surface area (Å²) in [7, 11) is -9.91. The van der Waals surface area contributed by atoms with Crippen molar-refractivity contribution >= 4 is 39.5 Å². The van der Waals surface area contributed by atoms with Crippen molar-refractivity contribution in [3.8, 4) is 0 Å². The predicted molar refractivity (Wildman–Crippen MR) is 386 cm³/mol. The first kappa shape index (κ1) is 93.1. The zero-order valence-electron chi connectivity index (χ0n) is 62.3. The highest BCUT2D eigenvalue weighted by atomic mass is 31.2. The average Bonchev–Trinajstić information content (AvgIpc) is 1.42. The molecule has 0 spiro atoms. The monoisotopic (exact) mass is 1400 g/mol. The van der Waals surface area contributed by atoms with E-state index in [4.69, 9.17) is 37.0 Å². The number of ether oxygens (including phenoxy) is 4. The van der Waals surface area contributed by atoms with Crippen molar-refractivity contribution in [1.82, 2.24) is 0 Å². The molecule has 0 aliphatic rings. The number of aliphatic hydroxyl groups excluding tert-OH is 1. The van der Waals surface area contributed by atoms with Gasteiger partial charge in [-0.2, -0.15) is 0 Å². The second kappa shape index (κ2) is 65.4. The first-order valence-electron chi connectivity index (χ1n) is 39.2. The average molecular weight is 1400 g/mol. The van der Waals surface area contributed by atoms with Gasteiger partial charge in [-0.1, -0.05) is 331 Å². The van der Waals surface area contributed by atoms with E-state index < -0.39 is 97.5 Å². The van der Waals surface area contributed by atoms with E-state index in [1.54, 1.807) is 0 Å². The highest BCUT2D eigenvalue weighted by Gasteiger charge is 2.30. The van der Waals surface area contributed by atoms with Crippen molar-refractivity contribution in [3.05, 3.63) is 0 Å². The van der Waals surface area contributed by atoms with E-state index in [0.717, 1.165) is 120 Å². The summed E-state index contributed by atoms with van der Waals surface area (Å²) in [5.74, 6) is 0.923. The van der Waals surface area contributed by atoms with Gasteiger partial charge in [0, 0.05) is 25.7 Å². The number of hydrogen-bond acceptors (Lipinski definition) is 15. The Morgan fingerprint density at radius 3 is 0.747 bits per heavy atom. The number of carbonyl (C=O) groups excluding carboxylic acids is 4. The summed E-state index contributed by atoms with van der Waals surface area (Å²) in [6, 6.07) is 0. The Kier molecular flexibility index (Phi) is 64.0. The van der Waals surface area contributed by atoms with E-state index in [2.05, 4.69) is 55.4 Å². The molecule has 3 N–H and O–H groups in total. The Bertz CT molecular complexity index is 1870. The molecule has 95 heavy (non-hydrogen) atoms. The number of hydrogen-bond donors (Lipinski definition) is 3. The lowest BCUT2D eigenvalue weighted by molar-refractivity contribution is -0.161. The largest absolute Gasteiger partial charge is 0.472 e. The van der Waals surface area contributed by atoms with Crippen LogP contribution in [0.15, 0.2) is 0 Å². The lowest BCUT2D eigenvalue weighted by atomic mass is 10.00. The lowest BCUT2D eigenvalue weighted by Crippen LogP contribution is -2.30. The maximum Gasteiger partial charge on any atom is 0.472 e. The van der Waals surface area contributed by atoms with Crippen LogP contribution in [0, 0.1) is 23.7 Å². The van der Waals surface area contributed by atoms with Gasteiger partial charge < -0.3 is 33.8 Å². The fraction of sp³-hybridized carbons (Fsp3) is 0.947. The van der Waals surface area contributed by atoms with Gasteiger partial charge in [-0.3, -0.25) is 37.3 Å². The van der Waals surface area contributed by atoms with Gasteiger partial charge in [-0.25, -0.2) is 9.13 Å². The van der Waals surface area contributed by atoms with Crippen molar-refractivity contribution in [2.45, 2.75) is 401 Å². The third kappa shape index (κ3) is 69.0. The Balaban J connectivity index is 5.23. The summed E-state index contributed by atoms with van der Waals surface area (Å²) >= 11 is 0. The molecule has 0 heterocycles. The minimum Gasteiger partial charge on any atom is -0.462 e. The van der Waals surface area contributed by atoms with E-state index in [0.29, 0.717) is 25.7 Å². The third-order valence-corrected chi connectivity index (χ3v) is 19.8. The molecule has 0 saturated carbocycles. The van der Waals surface area contributed by atoms with E-state index >= 15 is 0 Å². The number of unbranched alkanes of at least 4 members (excludes halogenated alkanes) is 38. The molecule has 564 valence electrons. The van der Waals surface area contributed by atoms with Gasteiger partial charge in [0.25, 0.3) is 0 Å². The Hall–Kier alpha value is -1.94. The molecular formula is C76H148O17P2. The van der Waals surface area contributed by atoms with Crippen LogP contribution in [0.5, 0.6) is 0 Å². The highest BCUT2D eigenvalue weighted by molar-refractivity contribution is 7.47. The normalized spacial score (nSPS) is 14.4. The molecule has 0 aromatic rings. The van der Waals surface area contributed by atoms with Crippen LogP contribution in [-0.4, -0.2) is 96.7 Å². The molecule has 0 bridgehead atoms. The van der Waals surface area contributed by atoms with Gasteiger partial charge >= 0.3 is 39.5 Å². The molecular weight excluding hydrogens is 1250 g/mol. The zero-order chi connectivity index (χ0) is 70.3. The van der Waals surface area contributed by atoms with Crippen LogP contribution in [0.2, 0.25) is 0 Å². The van der Waals surface area contributed by atoms with Crippen molar-refractivity contribution < 1.29 is 80.2 Å². The number of esters is 4. The highest BCUT2D eigenvalue weighted by Crippen LogP contribution is 2.45. The topological polar surface area (TPSA) is 237 Å². The maximum atomic E-state index is 13.1. The molecule has 0 aromatic carbocycles. The smallest absolute Gasteiger partial charge is 0.462 e. The van der Waals surface area contributed by atoms with Crippen LogP contribution in [0.3, 0.4) is 0 Å². The van der Waals surface area contributed by atoms with Gasteiger partial charge in [0.15, 0.2) is 12.2 Å². The first-order chi connectivity index (χ1) is 45.6.